The summed E-state index contributed by atoms with van der Waals surface area (Å²) < 4.78 is 101. The number of hydrogen-bond acceptors (Lipinski definition) is 8. The Morgan fingerprint density at radius 1 is 0.826 bits per heavy atom. The second-order valence-electron chi connectivity index (χ2n) is 9.80. The molecular weight excluding hydrogens is 651 g/mol. The topological polar surface area (TPSA) is 153 Å². The predicted molar refractivity (Wildman–Crippen MR) is 140 cm³/mol. The van der Waals surface area contributed by atoms with E-state index in [4.69, 9.17) is 34.4 Å². The number of hydrogen-bond donors (Lipinski definition) is 3. The first kappa shape index (κ1) is 39.8. The number of nitrogens with zero attached hydrogens (tertiary/aromatic N) is 4. The van der Waals surface area contributed by atoms with Crippen molar-refractivity contribution in [2.75, 3.05) is 44.3 Å². The Balaban J connectivity index is 0.000000413. The molecule has 0 aromatic carbocycles. The summed E-state index contributed by atoms with van der Waals surface area (Å²) in [7, 11) is 0. The first-order chi connectivity index (χ1) is 21.1. The molecule has 0 amide bonds. The zero-order valence-corrected chi connectivity index (χ0v) is 23.9. The van der Waals surface area contributed by atoms with Gasteiger partial charge in [0.05, 0.1) is 18.9 Å². The van der Waals surface area contributed by atoms with E-state index in [-0.39, 0.29) is 5.41 Å². The number of rotatable bonds is 3. The number of ether oxygens (including phenoxy) is 1. The van der Waals surface area contributed by atoms with Crippen LogP contribution < -0.4 is 4.90 Å². The normalized spacial score (nSPS) is 18.5. The minimum absolute atomic E-state index is 0.192. The van der Waals surface area contributed by atoms with Crippen molar-refractivity contribution in [3.8, 4) is 0 Å². The van der Waals surface area contributed by atoms with Gasteiger partial charge in [0.1, 0.15) is 5.82 Å². The van der Waals surface area contributed by atoms with Crippen molar-refractivity contribution in [3.05, 3.63) is 54.0 Å². The van der Waals surface area contributed by atoms with Crippen LogP contribution in [0, 0.1) is 12.3 Å². The largest absolute Gasteiger partial charge is 0.490 e. The van der Waals surface area contributed by atoms with Gasteiger partial charge in [-0.1, -0.05) is 12.1 Å². The molecule has 258 valence electrons. The number of aromatic nitrogens is 2. The lowest BCUT2D eigenvalue weighted by Crippen LogP contribution is -2.40. The molecule has 2 aliphatic heterocycles. The Labute approximate surface area is 255 Å². The molecule has 4 rings (SSSR count). The molecule has 2 fully saturated rings. The maximum absolute atomic E-state index is 10.6. The zero-order chi connectivity index (χ0) is 35.3. The average Bonchev–Trinajstić information content (AvgIpc) is 3.24. The van der Waals surface area contributed by atoms with Crippen LogP contribution in [0.1, 0.15) is 17.8 Å². The van der Waals surface area contributed by atoms with Gasteiger partial charge in [-0.25, -0.2) is 19.4 Å². The molecule has 20 heteroatoms. The number of carboxylic acid groups (broad SMARTS) is 3. The number of aryl methyl sites for hydroxylation is 1. The lowest BCUT2D eigenvalue weighted by Gasteiger charge is -2.31. The molecule has 0 aliphatic carbocycles. The Morgan fingerprint density at radius 3 is 1.83 bits per heavy atom. The number of anilines is 1. The molecule has 4 heterocycles. The Hall–Kier alpha value is -4.20. The summed E-state index contributed by atoms with van der Waals surface area (Å²) in [5.74, 6) is -7.19. The SMILES string of the molecule is Cc1cccc(CN2CCOCC3(CCN(c4ccccn4)C3)C2)n1.O=C(O)C(F)(F)F.O=C(O)C(F)(F)F.O=C(O)C(F)(F)F. The molecule has 11 nitrogen and oxygen atoms in total. The Morgan fingerprint density at radius 2 is 1.37 bits per heavy atom. The summed E-state index contributed by atoms with van der Waals surface area (Å²) in [5, 5.41) is 21.4. The van der Waals surface area contributed by atoms with E-state index in [1.165, 1.54) is 0 Å². The van der Waals surface area contributed by atoms with Crippen molar-refractivity contribution < 1.29 is 74.0 Å². The van der Waals surface area contributed by atoms with Crippen LogP contribution in [-0.4, -0.2) is 106 Å². The molecular formula is C26H29F9N4O7. The van der Waals surface area contributed by atoms with Gasteiger partial charge in [0.25, 0.3) is 0 Å². The van der Waals surface area contributed by atoms with Gasteiger partial charge in [0.2, 0.25) is 0 Å². The third kappa shape index (κ3) is 14.7. The highest BCUT2D eigenvalue weighted by atomic mass is 19.4. The number of alkyl halides is 9. The Kier molecular flexibility index (Phi) is 14.6. The molecule has 2 aromatic heterocycles. The van der Waals surface area contributed by atoms with Crippen molar-refractivity contribution in [1.82, 2.24) is 14.9 Å². The molecule has 1 spiro atoms. The van der Waals surface area contributed by atoms with Gasteiger partial charge in [-0.2, -0.15) is 39.5 Å². The highest BCUT2D eigenvalue weighted by Crippen LogP contribution is 2.35. The van der Waals surface area contributed by atoms with Gasteiger partial charge < -0.3 is 25.0 Å². The van der Waals surface area contributed by atoms with E-state index < -0.39 is 36.4 Å². The maximum atomic E-state index is 10.6. The summed E-state index contributed by atoms with van der Waals surface area (Å²) in [4.78, 5) is 40.8. The van der Waals surface area contributed by atoms with E-state index in [1.54, 1.807) is 0 Å². The molecule has 2 saturated heterocycles. The fourth-order valence-corrected chi connectivity index (χ4v) is 4.05. The van der Waals surface area contributed by atoms with Crippen molar-refractivity contribution in [3.63, 3.8) is 0 Å². The minimum atomic E-state index is -5.08. The van der Waals surface area contributed by atoms with Crippen LogP contribution in [0.2, 0.25) is 0 Å². The number of halogens is 9. The van der Waals surface area contributed by atoms with Crippen molar-refractivity contribution in [2.45, 2.75) is 38.4 Å². The minimum Gasteiger partial charge on any atom is -0.475 e. The summed E-state index contributed by atoms with van der Waals surface area (Å²) in [6.45, 7) is 8.70. The molecule has 2 aromatic rings. The first-order valence-corrected chi connectivity index (χ1v) is 12.8. The van der Waals surface area contributed by atoms with E-state index in [0.29, 0.717) is 0 Å². The zero-order valence-electron chi connectivity index (χ0n) is 23.9. The number of carbonyl (C=O) groups is 3. The smallest absolute Gasteiger partial charge is 0.475 e. The van der Waals surface area contributed by atoms with Gasteiger partial charge in [-0.15, -0.1) is 0 Å². The fourth-order valence-electron chi connectivity index (χ4n) is 4.05. The van der Waals surface area contributed by atoms with Crippen LogP contribution in [0.3, 0.4) is 0 Å². The van der Waals surface area contributed by atoms with Gasteiger partial charge in [0, 0.05) is 50.0 Å². The first-order valence-electron chi connectivity index (χ1n) is 12.8. The van der Waals surface area contributed by atoms with Crippen LogP contribution in [-0.2, 0) is 25.7 Å². The fraction of sp³-hybridized carbons (Fsp3) is 0.500. The molecule has 2 aliphatic rings. The maximum Gasteiger partial charge on any atom is 0.490 e. The van der Waals surface area contributed by atoms with Crippen LogP contribution in [0.4, 0.5) is 45.3 Å². The van der Waals surface area contributed by atoms with Crippen molar-refractivity contribution >= 4 is 23.7 Å². The number of carboxylic acids is 3. The molecule has 3 N–H and O–H groups in total. The van der Waals surface area contributed by atoms with E-state index in [1.807, 2.05) is 12.3 Å². The number of pyridine rings is 2. The van der Waals surface area contributed by atoms with Crippen LogP contribution in [0.25, 0.3) is 0 Å². The summed E-state index contributed by atoms with van der Waals surface area (Å²) in [6, 6.07) is 12.4. The van der Waals surface area contributed by atoms with E-state index >= 15 is 0 Å². The summed E-state index contributed by atoms with van der Waals surface area (Å²) in [6.07, 6.45) is -12.2. The van der Waals surface area contributed by atoms with Crippen molar-refractivity contribution in [1.29, 1.82) is 0 Å². The quantitative estimate of drug-likeness (QED) is 0.395. The molecule has 0 bridgehead atoms. The van der Waals surface area contributed by atoms with Gasteiger partial charge in [-0.3, -0.25) is 9.88 Å². The standard InChI is InChI=1S/C20H26N4O.3C2HF3O2/c1-17-5-4-6-18(22-17)13-23-11-12-25-16-20(14-23)8-10-24(15-20)19-7-2-3-9-21-19;3*3-2(4,5)1(6)7/h2-7,9H,8,10-16H2,1H3;3*(H,6,7). The molecule has 1 atom stereocenters. The van der Waals surface area contributed by atoms with Crippen LogP contribution >= 0.6 is 0 Å². The molecule has 46 heavy (non-hydrogen) atoms. The second kappa shape index (κ2) is 16.9. The van der Waals surface area contributed by atoms with E-state index in [9.17, 15) is 39.5 Å². The van der Waals surface area contributed by atoms with Gasteiger partial charge in [0.15, 0.2) is 0 Å². The lowest BCUT2D eigenvalue weighted by atomic mass is 9.87. The lowest BCUT2D eigenvalue weighted by molar-refractivity contribution is -0.193. The van der Waals surface area contributed by atoms with Crippen molar-refractivity contribution in [2.24, 2.45) is 5.41 Å². The van der Waals surface area contributed by atoms with Gasteiger partial charge in [-0.05, 0) is 37.6 Å². The summed E-state index contributed by atoms with van der Waals surface area (Å²) in [5.41, 5.74) is 2.43. The third-order valence-corrected chi connectivity index (χ3v) is 5.99. The van der Waals surface area contributed by atoms with E-state index in [0.717, 1.165) is 69.6 Å². The highest BCUT2D eigenvalue weighted by molar-refractivity contribution is 5.73. The highest BCUT2D eigenvalue weighted by Gasteiger charge is 2.42. The third-order valence-electron chi connectivity index (χ3n) is 5.99. The number of aliphatic carboxylic acids is 3. The summed E-state index contributed by atoms with van der Waals surface area (Å²) >= 11 is 0. The van der Waals surface area contributed by atoms with Crippen LogP contribution in [0.15, 0.2) is 42.6 Å². The average molecular weight is 681 g/mol. The molecule has 1 unspecified atom stereocenters. The van der Waals surface area contributed by atoms with Crippen LogP contribution in [0.5, 0.6) is 0 Å². The molecule has 0 radical (unpaired) electrons. The monoisotopic (exact) mass is 680 g/mol. The second-order valence-corrected chi connectivity index (χ2v) is 9.80. The predicted octanol–water partition coefficient (Wildman–Crippen LogP) is 4.41. The Bertz CT molecular complexity index is 1220. The van der Waals surface area contributed by atoms with E-state index in [2.05, 4.69) is 57.0 Å². The van der Waals surface area contributed by atoms with Gasteiger partial charge >= 0.3 is 36.4 Å². The molecule has 0 saturated carbocycles.